The van der Waals surface area contributed by atoms with Crippen LogP contribution in [0.1, 0.15) is 28.9 Å². The molecule has 3 rings (SSSR count). The Morgan fingerprint density at radius 2 is 1.61 bits per heavy atom. The van der Waals surface area contributed by atoms with Crippen molar-refractivity contribution in [1.82, 2.24) is 5.32 Å². The van der Waals surface area contributed by atoms with Gasteiger partial charge in [-0.2, -0.15) is 0 Å². The van der Waals surface area contributed by atoms with E-state index in [0.717, 1.165) is 17.4 Å². The number of carbonyl (C=O) groups excluding carboxylic acids is 1. The van der Waals surface area contributed by atoms with Gasteiger partial charge in [0.1, 0.15) is 18.1 Å². The Kier molecular flexibility index (Phi) is 8.92. The molecule has 0 bridgehead atoms. The first-order chi connectivity index (χ1) is 17.1. The number of aromatic hydroxyl groups is 1. The molecule has 0 fully saturated rings. The SMILES string of the molecule is COC(=O)c1ccc(-c2ccc(OCCN[C@@H](C)[C@H](O)c3ccc(O)c(NS(C)(=O)=O)c3)cc2)cc1. The van der Waals surface area contributed by atoms with E-state index in [-0.39, 0.29) is 23.4 Å². The van der Waals surface area contributed by atoms with Gasteiger partial charge < -0.3 is 25.0 Å². The summed E-state index contributed by atoms with van der Waals surface area (Å²) in [6, 6.07) is 18.6. The van der Waals surface area contributed by atoms with Gasteiger partial charge in [-0.3, -0.25) is 4.72 Å². The van der Waals surface area contributed by atoms with Crippen molar-refractivity contribution >= 4 is 21.7 Å². The summed E-state index contributed by atoms with van der Waals surface area (Å²) >= 11 is 0. The van der Waals surface area contributed by atoms with Gasteiger partial charge in [0, 0.05) is 12.6 Å². The van der Waals surface area contributed by atoms with E-state index in [1.54, 1.807) is 19.1 Å². The number of nitrogens with one attached hydrogen (secondary N) is 2. The lowest BCUT2D eigenvalue weighted by Gasteiger charge is -2.21. The Morgan fingerprint density at radius 1 is 1.00 bits per heavy atom. The first-order valence-corrected chi connectivity index (χ1v) is 13.1. The lowest BCUT2D eigenvalue weighted by Crippen LogP contribution is -2.35. The minimum absolute atomic E-state index is 0.00689. The van der Waals surface area contributed by atoms with Crippen LogP contribution < -0.4 is 14.8 Å². The number of ether oxygens (including phenoxy) is 2. The number of carbonyl (C=O) groups is 1. The number of methoxy groups -OCH3 is 1. The molecule has 0 heterocycles. The molecular weight excluding hydrogens is 484 g/mol. The number of aliphatic hydroxyl groups excluding tert-OH is 1. The third-order valence-corrected chi connectivity index (χ3v) is 6.05. The number of phenolic OH excluding ortho intramolecular Hbond substituents is 1. The molecule has 3 aromatic rings. The quantitative estimate of drug-likeness (QED) is 0.174. The number of hydrogen-bond acceptors (Lipinski definition) is 8. The normalized spacial score (nSPS) is 13.0. The van der Waals surface area contributed by atoms with E-state index in [1.807, 2.05) is 36.4 Å². The predicted octanol–water partition coefficient (Wildman–Crippen LogP) is 3.31. The number of phenols is 1. The van der Waals surface area contributed by atoms with Crippen molar-refractivity contribution in [2.45, 2.75) is 19.1 Å². The van der Waals surface area contributed by atoms with Crippen LogP contribution >= 0.6 is 0 Å². The molecule has 0 unspecified atom stereocenters. The Morgan fingerprint density at radius 3 is 2.19 bits per heavy atom. The van der Waals surface area contributed by atoms with Crippen LogP contribution in [0.5, 0.6) is 11.5 Å². The summed E-state index contributed by atoms with van der Waals surface area (Å²) in [5.74, 6) is 0.0853. The second kappa shape index (κ2) is 11.9. The lowest BCUT2D eigenvalue weighted by molar-refractivity contribution is 0.0600. The van der Waals surface area contributed by atoms with Crippen molar-refractivity contribution in [3.05, 3.63) is 77.9 Å². The van der Waals surface area contributed by atoms with E-state index >= 15 is 0 Å². The topological polar surface area (TPSA) is 134 Å². The fourth-order valence-electron chi connectivity index (χ4n) is 3.54. The van der Waals surface area contributed by atoms with Crippen molar-refractivity contribution in [3.8, 4) is 22.6 Å². The number of esters is 1. The van der Waals surface area contributed by atoms with E-state index < -0.39 is 16.1 Å². The summed E-state index contributed by atoms with van der Waals surface area (Å²) in [5.41, 5.74) is 2.89. The maximum atomic E-state index is 11.6. The van der Waals surface area contributed by atoms with E-state index in [9.17, 15) is 23.4 Å². The maximum absolute atomic E-state index is 11.6. The van der Waals surface area contributed by atoms with Gasteiger partial charge in [-0.25, -0.2) is 13.2 Å². The van der Waals surface area contributed by atoms with Crippen LogP contribution in [0.2, 0.25) is 0 Å². The third-order valence-electron chi connectivity index (χ3n) is 5.46. The summed E-state index contributed by atoms with van der Waals surface area (Å²) in [7, 11) is -2.22. The Labute approximate surface area is 210 Å². The molecule has 0 aliphatic rings. The largest absolute Gasteiger partial charge is 0.506 e. The highest BCUT2D eigenvalue weighted by molar-refractivity contribution is 7.92. The zero-order valence-electron chi connectivity index (χ0n) is 20.3. The molecule has 9 nitrogen and oxygen atoms in total. The van der Waals surface area contributed by atoms with Gasteiger partial charge in [0.05, 0.1) is 30.7 Å². The van der Waals surface area contributed by atoms with Crippen LogP contribution in [0.15, 0.2) is 66.7 Å². The predicted molar refractivity (Wildman–Crippen MR) is 138 cm³/mol. The number of anilines is 1. The molecule has 0 saturated heterocycles. The molecule has 36 heavy (non-hydrogen) atoms. The van der Waals surface area contributed by atoms with Crippen molar-refractivity contribution in [1.29, 1.82) is 0 Å². The molecule has 2 atom stereocenters. The van der Waals surface area contributed by atoms with Gasteiger partial charge in [0.15, 0.2) is 0 Å². The molecular formula is C26H30N2O7S. The van der Waals surface area contributed by atoms with Gasteiger partial charge in [0.25, 0.3) is 0 Å². The average molecular weight is 515 g/mol. The highest BCUT2D eigenvalue weighted by Crippen LogP contribution is 2.29. The lowest BCUT2D eigenvalue weighted by atomic mass is 10.0. The minimum atomic E-state index is -3.57. The van der Waals surface area contributed by atoms with Crippen molar-refractivity contribution in [2.75, 3.05) is 31.2 Å². The standard InChI is InChI=1S/C26H30N2O7S/c1-17(25(30)21-10-13-24(29)23(16-21)28-36(3,32)33)27-14-15-35-22-11-8-19(9-12-22)18-4-6-20(7-5-18)26(31)34-2/h4-13,16-17,25,27-30H,14-15H2,1-3H3/t17-,25-/m0/s1. The second-order valence-electron chi connectivity index (χ2n) is 8.28. The van der Waals surface area contributed by atoms with Crippen LogP contribution in [-0.2, 0) is 14.8 Å². The summed E-state index contributed by atoms with van der Waals surface area (Å²) < 4.78 is 35.7. The number of sulfonamides is 1. The smallest absolute Gasteiger partial charge is 0.337 e. The third kappa shape index (κ3) is 7.45. The number of benzene rings is 3. The monoisotopic (exact) mass is 514 g/mol. The van der Waals surface area contributed by atoms with Gasteiger partial charge in [-0.1, -0.05) is 30.3 Å². The van der Waals surface area contributed by atoms with Crippen LogP contribution in [-0.4, -0.2) is 57.2 Å². The first-order valence-electron chi connectivity index (χ1n) is 11.2. The maximum Gasteiger partial charge on any atom is 0.337 e. The van der Waals surface area contributed by atoms with E-state index in [2.05, 4.69) is 10.0 Å². The van der Waals surface area contributed by atoms with Crippen LogP contribution in [0.25, 0.3) is 11.1 Å². The molecule has 10 heteroatoms. The molecule has 0 saturated carbocycles. The minimum Gasteiger partial charge on any atom is -0.506 e. The van der Waals surface area contributed by atoms with Gasteiger partial charge >= 0.3 is 5.97 Å². The summed E-state index contributed by atoms with van der Waals surface area (Å²) in [5, 5.41) is 23.7. The first kappa shape index (κ1) is 27.0. The fourth-order valence-corrected chi connectivity index (χ4v) is 4.10. The number of rotatable bonds is 11. The van der Waals surface area contributed by atoms with Gasteiger partial charge in [-0.05, 0) is 60.0 Å². The van der Waals surface area contributed by atoms with E-state index in [0.29, 0.717) is 30.0 Å². The Hall–Kier alpha value is -3.60. The second-order valence-corrected chi connectivity index (χ2v) is 10.0. The molecule has 0 spiro atoms. The van der Waals surface area contributed by atoms with Crippen LogP contribution in [0.4, 0.5) is 5.69 Å². The molecule has 3 aromatic carbocycles. The number of aliphatic hydroxyl groups is 1. The zero-order chi connectivity index (χ0) is 26.3. The molecule has 0 amide bonds. The molecule has 4 N–H and O–H groups in total. The molecule has 0 aliphatic carbocycles. The average Bonchev–Trinajstić information content (AvgIpc) is 2.86. The van der Waals surface area contributed by atoms with E-state index in [1.165, 1.54) is 25.3 Å². The Bertz CT molecular complexity index is 1280. The van der Waals surface area contributed by atoms with E-state index in [4.69, 9.17) is 9.47 Å². The van der Waals surface area contributed by atoms with Crippen molar-refractivity contribution in [2.24, 2.45) is 0 Å². The zero-order valence-corrected chi connectivity index (χ0v) is 21.1. The van der Waals surface area contributed by atoms with Gasteiger partial charge in [0.2, 0.25) is 10.0 Å². The highest BCUT2D eigenvalue weighted by Gasteiger charge is 2.18. The van der Waals surface area contributed by atoms with Crippen LogP contribution in [0.3, 0.4) is 0 Å². The van der Waals surface area contributed by atoms with Crippen molar-refractivity contribution < 1.29 is 32.9 Å². The van der Waals surface area contributed by atoms with Crippen LogP contribution in [0, 0.1) is 0 Å². The fraction of sp³-hybridized carbons (Fsp3) is 0.269. The highest BCUT2D eigenvalue weighted by atomic mass is 32.2. The van der Waals surface area contributed by atoms with Gasteiger partial charge in [-0.15, -0.1) is 0 Å². The van der Waals surface area contributed by atoms with Crippen molar-refractivity contribution in [3.63, 3.8) is 0 Å². The molecule has 192 valence electrons. The summed E-state index contributed by atoms with van der Waals surface area (Å²) in [6.07, 6.45) is 0.0485. The number of hydrogen-bond donors (Lipinski definition) is 4. The molecule has 0 aromatic heterocycles. The molecule has 0 aliphatic heterocycles. The molecule has 0 radical (unpaired) electrons. The summed E-state index contributed by atoms with van der Waals surface area (Å²) in [6.45, 7) is 2.61. The Balaban J connectivity index is 1.49. The summed E-state index contributed by atoms with van der Waals surface area (Å²) in [4.78, 5) is 11.6.